The van der Waals surface area contributed by atoms with E-state index in [1.165, 1.54) is 0 Å². The lowest BCUT2D eigenvalue weighted by molar-refractivity contribution is -0.384. The van der Waals surface area contributed by atoms with E-state index in [0.717, 1.165) is 12.1 Å². The number of alkyl halides is 2. The van der Waals surface area contributed by atoms with E-state index < -0.39 is 29.6 Å². The van der Waals surface area contributed by atoms with Gasteiger partial charge in [0.25, 0.3) is 6.43 Å². The van der Waals surface area contributed by atoms with Gasteiger partial charge in [-0.1, -0.05) is 0 Å². The van der Waals surface area contributed by atoms with Crippen LogP contribution in [0.3, 0.4) is 0 Å². The molecule has 20 heavy (non-hydrogen) atoms. The van der Waals surface area contributed by atoms with Crippen molar-refractivity contribution in [3.05, 3.63) is 27.9 Å². The predicted octanol–water partition coefficient (Wildman–Crippen LogP) is 1.38. The molecule has 0 bridgehead atoms. The van der Waals surface area contributed by atoms with E-state index in [-0.39, 0.29) is 24.7 Å². The fraction of sp³-hybridized carbons (Fsp3) is 0.400. The van der Waals surface area contributed by atoms with Crippen molar-refractivity contribution in [2.75, 3.05) is 25.1 Å². The second-order valence-corrected chi connectivity index (χ2v) is 3.52. The number of anilines is 1. The fourth-order valence-electron chi connectivity index (χ4n) is 1.26. The summed E-state index contributed by atoms with van der Waals surface area (Å²) in [6.45, 7) is -0.892. The average Bonchev–Trinajstić information content (AvgIpc) is 2.37. The molecule has 0 amide bonds. The van der Waals surface area contributed by atoms with Crippen LogP contribution in [0, 0.1) is 10.1 Å². The summed E-state index contributed by atoms with van der Waals surface area (Å²) >= 11 is 0. The molecular formula is C10H11F2N3O5. The minimum atomic E-state index is -2.60. The van der Waals surface area contributed by atoms with Crippen molar-refractivity contribution in [2.45, 2.75) is 6.43 Å². The average molecular weight is 291 g/mol. The first-order valence-corrected chi connectivity index (χ1v) is 5.40. The number of halogens is 2. The van der Waals surface area contributed by atoms with E-state index in [1.54, 1.807) is 0 Å². The number of carboxylic acids is 1. The van der Waals surface area contributed by atoms with Crippen molar-refractivity contribution >= 4 is 17.5 Å². The summed E-state index contributed by atoms with van der Waals surface area (Å²) in [5, 5.41) is 21.9. The van der Waals surface area contributed by atoms with Crippen LogP contribution in [0.2, 0.25) is 0 Å². The van der Waals surface area contributed by atoms with Crippen molar-refractivity contribution in [3.63, 3.8) is 0 Å². The molecule has 0 aliphatic carbocycles. The third-order valence-corrected chi connectivity index (χ3v) is 2.07. The maximum absolute atomic E-state index is 11.8. The molecule has 0 aliphatic heterocycles. The molecule has 0 atom stereocenters. The number of hydrogen-bond donors (Lipinski definition) is 2. The Bertz CT molecular complexity index is 498. The normalized spacial score (nSPS) is 10.6. The van der Waals surface area contributed by atoms with Gasteiger partial charge in [0, 0.05) is 12.6 Å². The Kier molecular flexibility index (Phi) is 5.72. The SMILES string of the molecule is O=C(O)c1ccc([N+](=O)[O-])c(NCCOCC(F)F)n1. The van der Waals surface area contributed by atoms with E-state index in [2.05, 4.69) is 15.0 Å². The summed E-state index contributed by atoms with van der Waals surface area (Å²) in [5.41, 5.74) is -0.782. The molecule has 1 heterocycles. The standard InChI is InChI=1S/C10H11F2N3O5/c11-8(12)5-20-4-3-13-9-7(15(18)19)2-1-6(14-9)10(16)17/h1-2,8H,3-5H2,(H,13,14)(H,16,17). The Morgan fingerprint density at radius 1 is 1.55 bits per heavy atom. The number of carboxylic acid groups (broad SMARTS) is 1. The molecule has 10 heteroatoms. The van der Waals surface area contributed by atoms with Crippen LogP contribution in [0.25, 0.3) is 0 Å². The number of aromatic carboxylic acids is 1. The molecule has 0 saturated carbocycles. The van der Waals surface area contributed by atoms with Crippen molar-refractivity contribution in [2.24, 2.45) is 0 Å². The Morgan fingerprint density at radius 3 is 2.80 bits per heavy atom. The number of nitro groups is 1. The maximum atomic E-state index is 11.8. The number of rotatable bonds is 8. The highest BCUT2D eigenvalue weighted by Gasteiger charge is 2.18. The molecule has 0 fully saturated rings. The van der Waals surface area contributed by atoms with E-state index in [0.29, 0.717) is 0 Å². The van der Waals surface area contributed by atoms with Crippen LogP contribution < -0.4 is 5.32 Å². The van der Waals surface area contributed by atoms with Crippen molar-refractivity contribution in [1.82, 2.24) is 4.98 Å². The van der Waals surface area contributed by atoms with Gasteiger partial charge < -0.3 is 15.2 Å². The molecule has 2 N–H and O–H groups in total. The van der Waals surface area contributed by atoms with Crippen molar-refractivity contribution < 1.29 is 28.3 Å². The van der Waals surface area contributed by atoms with Crippen LogP contribution in [0.1, 0.15) is 10.5 Å². The molecule has 0 saturated heterocycles. The maximum Gasteiger partial charge on any atom is 0.354 e. The van der Waals surface area contributed by atoms with Gasteiger partial charge in [0.15, 0.2) is 5.69 Å². The van der Waals surface area contributed by atoms with Crippen molar-refractivity contribution in [1.29, 1.82) is 0 Å². The zero-order valence-corrected chi connectivity index (χ0v) is 10.1. The first-order valence-electron chi connectivity index (χ1n) is 5.40. The highest BCUT2D eigenvalue weighted by molar-refractivity contribution is 5.86. The quantitative estimate of drug-likeness (QED) is 0.422. The Morgan fingerprint density at radius 2 is 2.25 bits per heavy atom. The van der Waals surface area contributed by atoms with Gasteiger partial charge in [-0.3, -0.25) is 10.1 Å². The lowest BCUT2D eigenvalue weighted by Gasteiger charge is -2.07. The van der Waals surface area contributed by atoms with E-state index in [1.807, 2.05) is 0 Å². The monoisotopic (exact) mass is 291 g/mol. The smallest absolute Gasteiger partial charge is 0.354 e. The molecule has 0 aromatic carbocycles. The zero-order chi connectivity index (χ0) is 15.1. The molecule has 0 spiro atoms. The minimum absolute atomic E-state index is 0.0242. The van der Waals surface area contributed by atoms with Crippen LogP contribution in [0.4, 0.5) is 20.3 Å². The van der Waals surface area contributed by atoms with Crippen LogP contribution in [0.5, 0.6) is 0 Å². The van der Waals surface area contributed by atoms with Gasteiger partial charge in [-0.2, -0.15) is 0 Å². The molecule has 0 radical (unpaired) electrons. The number of carbonyl (C=O) groups is 1. The second kappa shape index (κ2) is 7.28. The molecule has 1 aromatic rings. The van der Waals surface area contributed by atoms with Gasteiger partial charge >= 0.3 is 11.7 Å². The molecule has 110 valence electrons. The van der Waals surface area contributed by atoms with E-state index in [4.69, 9.17) is 5.11 Å². The van der Waals surface area contributed by atoms with Crippen LogP contribution in [-0.4, -0.2) is 47.2 Å². The molecular weight excluding hydrogens is 280 g/mol. The number of pyridine rings is 1. The van der Waals surface area contributed by atoms with Gasteiger partial charge in [0.1, 0.15) is 6.61 Å². The number of nitrogens with one attached hydrogen (secondary N) is 1. The molecule has 0 aliphatic rings. The summed E-state index contributed by atoms with van der Waals surface area (Å²) in [7, 11) is 0. The van der Waals surface area contributed by atoms with Crippen LogP contribution in [-0.2, 0) is 4.74 Å². The van der Waals surface area contributed by atoms with Crippen LogP contribution >= 0.6 is 0 Å². The van der Waals surface area contributed by atoms with Crippen molar-refractivity contribution in [3.8, 4) is 0 Å². The van der Waals surface area contributed by atoms with Crippen LogP contribution in [0.15, 0.2) is 12.1 Å². The third kappa shape index (κ3) is 4.72. The number of hydrogen-bond acceptors (Lipinski definition) is 6. The highest BCUT2D eigenvalue weighted by atomic mass is 19.3. The molecule has 0 unspecified atom stereocenters. The second-order valence-electron chi connectivity index (χ2n) is 3.52. The molecule has 8 nitrogen and oxygen atoms in total. The first kappa shape index (κ1) is 15.7. The predicted molar refractivity (Wildman–Crippen MR) is 63.2 cm³/mol. The summed E-state index contributed by atoms with van der Waals surface area (Å²) in [6, 6.07) is 2.00. The largest absolute Gasteiger partial charge is 0.477 e. The van der Waals surface area contributed by atoms with Gasteiger partial charge in [-0.25, -0.2) is 18.6 Å². The Hall–Kier alpha value is -2.36. The van der Waals surface area contributed by atoms with Gasteiger partial charge in [0.2, 0.25) is 5.82 Å². The molecule has 1 rings (SSSR count). The topological polar surface area (TPSA) is 115 Å². The number of ether oxygens (including phenoxy) is 1. The Balaban J connectivity index is 2.68. The lowest BCUT2D eigenvalue weighted by atomic mass is 10.3. The Labute approximate surface area is 111 Å². The molecule has 1 aromatic heterocycles. The summed E-state index contributed by atoms with van der Waals surface area (Å²) in [4.78, 5) is 24.3. The first-order chi connectivity index (χ1) is 9.41. The third-order valence-electron chi connectivity index (χ3n) is 2.07. The lowest BCUT2D eigenvalue weighted by Crippen LogP contribution is -2.15. The van der Waals surface area contributed by atoms with Gasteiger partial charge in [0.05, 0.1) is 11.5 Å². The zero-order valence-electron chi connectivity index (χ0n) is 10.1. The fourth-order valence-corrected chi connectivity index (χ4v) is 1.26. The van der Waals surface area contributed by atoms with Gasteiger partial charge in [-0.05, 0) is 6.07 Å². The minimum Gasteiger partial charge on any atom is -0.477 e. The summed E-state index contributed by atoms with van der Waals surface area (Å²) < 4.78 is 28.1. The van der Waals surface area contributed by atoms with Gasteiger partial charge in [-0.15, -0.1) is 0 Å². The summed E-state index contributed by atoms with van der Waals surface area (Å²) in [5.74, 6) is -1.59. The number of aromatic nitrogens is 1. The van der Waals surface area contributed by atoms with E-state index >= 15 is 0 Å². The summed E-state index contributed by atoms with van der Waals surface area (Å²) in [6.07, 6.45) is -2.60. The number of nitrogens with zero attached hydrogens (tertiary/aromatic N) is 2. The van der Waals surface area contributed by atoms with E-state index in [9.17, 15) is 23.7 Å². The highest BCUT2D eigenvalue weighted by Crippen LogP contribution is 2.21.